The van der Waals surface area contributed by atoms with Crippen molar-refractivity contribution in [1.82, 2.24) is 0 Å². The van der Waals surface area contributed by atoms with E-state index < -0.39 is 0 Å². The molecule has 0 saturated carbocycles. The van der Waals surface area contributed by atoms with Crippen molar-refractivity contribution in [1.29, 1.82) is 0 Å². The van der Waals surface area contributed by atoms with E-state index in [1.165, 1.54) is 142 Å². The van der Waals surface area contributed by atoms with Crippen molar-refractivity contribution in [3.63, 3.8) is 0 Å². The van der Waals surface area contributed by atoms with Crippen LogP contribution in [0.15, 0.2) is 255 Å². The Kier molecular flexibility index (Phi) is 8.69. The van der Waals surface area contributed by atoms with Crippen LogP contribution in [-0.2, 0) is 0 Å². The normalized spacial score (nSPS) is 11.8. The van der Waals surface area contributed by atoms with Gasteiger partial charge in [-0.15, -0.1) is 0 Å². The first-order chi connectivity index (χ1) is 33.7. The Morgan fingerprint density at radius 3 is 1.01 bits per heavy atom. The molecule has 0 spiro atoms. The molecular formula is C68H42. The second kappa shape index (κ2) is 15.4. The van der Waals surface area contributed by atoms with Gasteiger partial charge in [-0.1, -0.05) is 218 Å². The molecule has 0 aliphatic rings. The highest BCUT2D eigenvalue weighted by atomic mass is 14.2. The molecule has 0 heterocycles. The molecule has 14 aromatic rings. The molecule has 0 unspecified atom stereocenters. The van der Waals surface area contributed by atoms with Crippen molar-refractivity contribution in [2.75, 3.05) is 0 Å². The largest absolute Gasteiger partial charge is 0.0616 e. The van der Waals surface area contributed by atoms with Crippen LogP contribution in [0.2, 0.25) is 0 Å². The van der Waals surface area contributed by atoms with Gasteiger partial charge in [0.05, 0.1) is 0 Å². The molecule has 0 fully saturated rings. The van der Waals surface area contributed by atoms with Gasteiger partial charge < -0.3 is 0 Å². The molecule has 0 heteroatoms. The van der Waals surface area contributed by atoms with Gasteiger partial charge in [0.15, 0.2) is 0 Å². The van der Waals surface area contributed by atoms with Gasteiger partial charge in [0.25, 0.3) is 0 Å². The average Bonchev–Trinajstić information content (AvgIpc) is 3.41. The first-order valence-corrected chi connectivity index (χ1v) is 23.6. The highest BCUT2D eigenvalue weighted by Crippen LogP contribution is 2.48. The molecule has 0 atom stereocenters. The van der Waals surface area contributed by atoms with Crippen LogP contribution in [0.1, 0.15) is 0 Å². The highest BCUT2D eigenvalue weighted by molar-refractivity contribution is 6.24. The van der Waals surface area contributed by atoms with Gasteiger partial charge in [-0.05, 0) is 178 Å². The molecule has 0 amide bonds. The summed E-state index contributed by atoms with van der Waals surface area (Å²) in [5, 5.41) is 20.0. The fraction of sp³-hybridized carbons (Fsp3) is 0. The second-order valence-corrected chi connectivity index (χ2v) is 18.4. The van der Waals surface area contributed by atoms with Crippen molar-refractivity contribution < 1.29 is 0 Å². The third-order valence-corrected chi connectivity index (χ3v) is 14.6. The number of benzene rings is 14. The molecule has 0 nitrogen and oxygen atoms in total. The maximum absolute atomic E-state index is 2.48. The Morgan fingerprint density at radius 1 is 0.147 bits per heavy atom. The summed E-state index contributed by atoms with van der Waals surface area (Å²) in [6.45, 7) is 0. The predicted molar refractivity (Wildman–Crippen MR) is 294 cm³/mol. The zero-order valence-corrected chi connectivity index (χ0v) is 37.2. The van der Waals surface area contributed by atoms with E-state index in [1.807, 2.05) is 0 Å². The molecule has 0 aromatic heterocycles. The number of rotatable bonds is 5. The molecule has 0 saturated heterocycles. The molecule has 0 aliphatic heterocycles. The third kappa shape index (κ3) is 6.15. The summed E-state index contributed by atoms with van der Waals surface area (Å²) in [6.07, 6.45) is 0. The summed E-state index contributed by atoms with van der Waals surface area (Å²) in [5.41, 5.74) is 12.2. The summed E-state index contributed by atoms with van der Waals surface area (Å²) < 4.78 is 0. The minimum absolute atomic E-state index is 1.19. The van der Waals surface area contributed by atoms with E-state index in [1.54, 1.807) is 0 Å². The minimum Gasteiger partial charge on any atom is -0.0616 e. The van der Waals surface area contributed by atoms with E-state index in [9.17, 15) is 0 Å². The van der Waals surface area contributed by atoms with Crippen LogP contribution in [-0.4, -0.2) is 0 Å². The van der Waals surface area contributed by atoms with Crippen molar-refractivity contribution in [3.8, 4) is 55.6 Å². The van der Waals surface area contributed by atoms with Crippen LogP contribution >= 0.6 is 0 Å². The molecule has 14 rings (SSSR count). The van der Waals surface area contributed by atoms with Gasteiger partial charge in [0.1, 0.15) is 0 Å². The Hall–Kier alpha value is -8.84. The summed E-state index contributed by atoms with van der Waals surface area (Å²) in [5.74, 6) is 0. The fourth-order valence-electron chi connectivity index (χ4n) is 11.3. The molecule has 0 radical (unpaired) electrons. The average molecular weight is 859 g/mol. The standard InChI is InChI=1S/C68H42/c1-3-15-47-37-49(31-27-43(47)13-1)45-25-29-46(30-26-45)67-61-35-33-53(64-40-51-18-6-8-20-56(51)58-22-10-12-24-60(58)64)42-66(61)68(54-32-28-44-14-2-4-16-48(44)38-54)62-36-34-52(41-65(62)67)63-39-50-17-5-7-19-55(50)57-21-9-11-23-59(57)63/h1-42H. The Balaban J connectivity index is 1.08. The van der Waals surface area contributed by atoms with E-state index in [-0.39, 0.29) is 0 Å². The van der Waals surface area contributed by atoms with E-state index >= 15 is 0 Å². The van der Waals surface area contributed by atoms with E-state index in [2.05, 4.69) is 255 Å². The van der Waals surface area contributed by atoms with Crippen LogP contribution in [0.3, 0.4) is 0 Å². The Labute approximate surface area is 394 Å². The second-order valence-electron chi connectivity index (χ2n) is 18.4. The first-order valence-electron chi connectivity index (χ1n) is 23.6. The lowest BCUT2D eigenvalue weighted by atomic mass is 9.82. The number of hydrogen-bond acceptors (Lipinski definition) is 0. The number of hydrogen-bond donors (Lipinski definition) is 0. The molecule has 0 N–H and O–H groups in total. The zero-order valence-electron chi connectivity index (χ0n) is 37.2. The zero-order chi connectivity index (χ0) is 44.7. The quantitative estimate of drug-likeness (QED) is 0.119. The van der Waals surface area contributed by atoms with E-state index in [4.69, 9.17) is 0 Å². The van der Waals surface area contributed by atoms with Crippen LogP contribution in [0.25, 0.3) is 142 Å². The number of fused-ring (bicyclic) bond motifs is 10. The lowest BCUT2D eigenvalue weighted by Gasteiger charge is -2.21. The summed E-state index contributed by atoms with van der Waals surface area (Å²) in [6, 6.07) is 95.1. The SMILES string of the molecule is c1ccc2cc(-c3ccc(-c4c5ccc(-c6cc7ccccc7c7ccccc67)cc5c(-c5ccc6ccccc6c5)c5ccc(-c6cc7ccccc7c7ccccc67)cc45)cc3)ccc2c1. The highest BCUT2D eigenvalue weighted by Gasteiger charge is 2.21. The summed E-state index contributed by atoms with van der Waals surface area (Å²) in [7, 11) is 0. The van der Waals surface area contributed by atoms with Gasteiger partial charge in [-0.3, -0.25) is 0 Å². The van der Waals surface area contributed by atoms with Crippen LogP contribution in [0, 0.1) is 0 Å². The monoisotopic (exact) mass is 858 g/mol. The predicted octanol–water partition coefficient (Wildman–Crippen LogP) is 19.2. The lowest BCUT2D eigenvalue weighted by molar-refractivity contribution is 1.62. The Bertz CT molecular complexity index is 4360. The molecule has 314 valence electrons. The minimum atomic E-state index is 1.19. The maximum Gasteiger partial charge on any atom is -0.00259 e. The molecule has 68 heavy (non-hydrogen) atoms. The van der Waals surface area contributed by atoms with Gasteiger partial charge in [-0.25, -0.2) is 0 Å². The molecule has 14 aromatic carbocycles. The van der Waals surface area contributed by atoms with Crippen molar-refractivity contribution in [2.45, 2.75) is 0 Å². The van der Waals surface area contributed by atoms with Crippen LogP contribution in [0.5, 0.6) is 0 Å². The van der Waals surface area contributed by atoms with Crippen molar-refractivity contribution in [2.24, 2.45) is 0 Å². The van der Waals surface area contributed by atoms with Crippen LogP contribution < -0.4 is 0 Å². The first kappa shape index (κ1) is 38.4. The molecule has 0 aliphatic carbocycles. The van der Waals surface area contributed by atoms with Gasteiger partial charge >= 0.3 is 0 Å². The van der Waals surface area contributed by atoms with Crippen molar-refractivity contribution >= 4 is 86.2 Å². The van der Waals surface area contributed by atoms with Crippen LogP contribution in [0.4, 0.5) is 0 Å². The van der Waals surface area contributed by atoms with E-state index in [0.29, 0.717) is 0 Å². The van der Waals surface area contributed by atoms with Gasteiger partial charge in [0.2, 0.25) is 0 Å². The fourth-order valence-corrected chi connectivity index (χ4v) is 11.3. The third-order valence-electron chi connectivity index (χ3n) is 14.6. The Morgan fingerprint density at radius 2 is 0.500 bits per heavy atom. The summed E-state index contributed by atoms with van der Waals surface area (Å²) in [4.78, 5) is 0. The maximum atomic E-state index is 2.48. The summed E-state index contributed by atoms with van der Waals surface area (Å²) >= 11 is 0. The van der Waals surface area contributed by atoms with E-state index in [0.717, 1.165) is 0 Å². The smallest absolute Gasteiger partial charge is 0.00259 e. The van der Waals surface area contributed by atoms with Gasteiger partial charge in [-0.2, -0.15) is 0 Å². The lowest BCUT2D eigenvalue weighted by Crippen LogP contribution is -1.94. The topological polar surface area (TPSA) is 0 Å². The van der Waals surface area contributed by atoms with Gasteiger partial charge in [0, 0.05) is 0 Å². The molecular weight excluding hydrogens is 817 g/mol. The van der Waals surface area contributed by atoms with Crippen molar-refractivity contribution in [3.05, 3.63) is 255 Å². The molecule has 0 bridgehead atoms.